The molecule has 1 aromatic heterocycles. The quantitative estimate of drug-likeness (QED) is 0.759. The van der Waals surface area contributed by atoms with Crippen molar-refractivity contribution in [2.75, 3.05) is 13.1 Å². The van der Waals surface area contributed by atoms with Crippen molar-refractivity contribution in [2.24, 2.45) is 0 Å². The van der Waals surface area contributed by atoms with Crippen LogP contribution in [0, 0.1) is 0 Å². The predicted octanol–water partition coefficient (Wildman–Crippen LogP) is 0.858. The zero-order valence-electron chi connectivity index (χ0n) is 10.4. The van der Waals surface area contributed by atoms with Crippen molar-refractivity contribution in [1.29, 1.82) is 0 Å². The van der Waals surface area contributed by atoms with Crippen LogP contribution in [0.3, 0.4) is 0 Å². The number of hydrogen-bond acceptors (Lipinski definition) is 5. The van der Waals surface area contributed by atoms with Crippen LogP contribution < -0.4 is 10.6 Å². The standard InChI is InChI=1S/C11H18N4O2/c1-11(2,3)17-10(16)15-6-8(14-7-15)9-12-4-5-13-9/h6-7,9,12-13H,4-5H2,1-3H3. The second kappa shape index (κ2) is 4.46. The molecule has 1 aliphatic heterocycles. The molecule has 0 saturated carbocycles. The summed E-state index contributed by atoms with van der Waals surface area (Å²) in [5.74, 6) is 0. The Labute approximate surface area is 100 Å². The third kappa shape index (κ3) is 3.04. The zero-order chi connectivity index (χ0) is 12.5. The molecular formula is C11H18N4O2. The fourth-order valence-electron chi connectivity index (χ4n) is 1.62. The third-order valence-corrected chi connectivity index (χ3v) is 2.32. The Morgan fingerprint density at radius 3 is 2.71 bits per heavy atom. The van der Waals surface area contributed by atoms with Gasteiger partial charge in [-0.25, -0.2) is 14.3 Å². The number of imidazole rings is 1. The van der Waals surface area contributed by atoms with Gasteiger partial charge in [0, 0.05) is 19.3 Å². The molecule has 0 atom stereocenters. The maximum Gasteiger partial charge on any atom is 0.419 e. The Morgan fingerprint density at radius 1 is 1.47 bits per heavy atom. The van der Waals surface area contributed by atoms with Crippen molar-refractivity contribution in [2.45, 2.75) is 32.5 Å². The van der Waals surface area contributed by atoms with E-state index in [9.17, 15) is 4.79 Å². The molecule has 2 rings (SSSR count). The fourth-order valence-corrected chi connectivity index (χ4v) is 1.62. The molecule has 1 saturated heterocycles. The van der Waals surface area contributed by atoms with Crippen LogP contribution in [0.5, 0.6) is 0 Å². The van der Waals surface area contributed by atoms with Gasteiger partial charge in [0.15, 0.2) is 0 Å². The van der Waals surface area contributed by atoms with E-state index >= 15 is 0 Å². The molecule has 0 amide bonds. The monoisotopic (exact) mass is 238 g/mol. The Hall–Kier alpha value is -1.40. The van der Waals surface area contributed by atoms with E-state index in [2.05, 4.69) is 15.6 Å². The summed E-state index contributed by atoms with van der Waals surface area (Å²) in [7, 11) is 0. The Morgan fingerprint density at radius 2 is 2.12 bits per heavy atom. The molecule has 1 aromatic rings. The van der Waals surface area contributed by atoms with Crippen LogP contribution >= 0.6 is 0 Å². The molecule has 1 aliphatic rings. The van der Waals surface area contributed by atoms with Gasteiger partial charge in [-0.3, -0.25) is 10.6 Å². The number of carbonyl (C=O) groups excluding carboxylic acids is 1. The SMILES string of the molecule is CC(C)(C)OC(=O)n1cnc(C2NCCN2)c1. The van der Waals surface area contributed by atoms with Crippen molar-refractivity contribution >= 4 is 6.09 Å². The van der Waals surface area contributed by atoms with E-state index in [1.165, 1.54) is 10.9 Å². The summed E-state index contributed by atoms with van der Waals surface area (Å²) >= 11 is 0. The lowest BCUT2D eigenvalue weighted by Crippen LogP contribution is -2.26. The lowest BCUT2D eigenvalue weighted by atomic mass is 10.2. The van der Waals surface area contributed by atoms with Gasteiger partial charge in [0.05, 0.1) is 5.69 Å². The smallest absolute Gasteiger partial charge is 0.419 e. The van der Waals surface area contributed by atoms with Crippen molar-refractivity contribution in [3.05, 3.63) is 18.2 Å². The number of rotatable bonds is 1. The summed E-state index contributed by atoms with van der Waals surface area (Å²) in [6.07, 6.45) is 2.78. The van der Waals surface area contributed by atoms with Crippen LogP contribution in [-0.2, 0) is 4.74 Å². The topological polar surface area (TPSA) is 68.2 Å². The summed E-state index contributed by atoms with van der Waals surface area (Å²) in [5, 5.41) is 6.47. The van der Waals surface area contributed by atoms with Gasteiger partial charge < -0.3 is 4.74 Å². The lowest BCUT2D eigenvalue weighted by molar-refractivity contribution is 0.0536. The first-order valence-electron chi connectivity index (χ1n) is 5.70. The molecule has 2 N–H and O–H groups in total. The van der Waals surface area contributed by atoms with E-state index in [0.29, 0.717) is 0 Å². The third-order valence-electron chi connectivity index (χ3n) is 2.32. The maximum absolute atomic E-state index is 11.7. The van der Waals surface area contributed by atoms with E-state index < -0.39 is 11.7 Å². The number of ether oxygens (including phenoxy) is 1. The Balaban J connectivity index is 2.04. The zero-order valence-corrected chi connectivity index (χ0v) is 10.4. The van der Waals surface area contributed by atoms with Crippen molar-refractivity contribution in [3.8, 4) is 0 Å². The maximum atomic E-state index is 11.7. The van der Waals surface area contributed by atoms with Crippen molar-refractivity contribution < 1.29 is 9.53 Å². The van der Waals surface area contributed by atoms with Crippen LogP contribution in [0.25, 0.3) is 0 Å². The molecule has 94 valence electrons. The van der Waals surface area contributed by atoms with Crippen LogP contribution in [0.4, 0.5) is 4.79 Å². The molecule has 6 nitrogen and oxygen atoms in total. The first-order valence-corrected chi connectivity index (χ1v) is 5.70. The first-order chi connectivity index (χ1) is 7.96. The van der Waals surface area contributed by atoms with Crippen molar-refractivity contribution in [1.82, 2.24) is 20.2 Å². The minimum Gasteiger partial charge on any atom is -0.443 e. The van der Waals surface area contributed by atoms with Gasteiger partial charge in [-0.1, -0.05) is 0 Å². The number of hydrogen-bond donors (Lipinski definition) is 2. The average molecular weight is 238 g/mol. The molecule has 1 fully saturated rings. The summed E-state index contributed by atoms with van der Waals surface area (Å²) in [5.41, 5.74) is 0.305. The molecule has 0 aromatic carbocycles. The summed E-state index contributed by atoms with van der Waals surface area (Å²) in [6.45, 7) is 7.32. The van der Waals surface area contributed by atoms with Crippen LogP contribution in [0.15, 0.2) is 12.5 Å². The van der Waals surface area contributed by atoms with Gasteiger partial charge >= 0.3 is 6.09 Å². The molecule has 2 heterocycles. The minimum absolute atomic E-state index is 0.0266. The van der Waals surface area contributed by atoms with E-state index in [4.69, 9.17) is 4.74 Å². The van der Waals surface area contributed by atoms with E-state index in [1.54, 1.807) is 6.20 Å². The number of nitrogens with zero attached hydrogens (tertiary/aromatic N) is 2. The van der Waals surface area contributed by atoms with E-state index in [0.717, 1.165) is 18.8 Å². The highest BCUT2D eigenvalue weighted by Crippen LogP contribution is 2.12. The highest BCUT2D eigenvalue weighted by atomic mass is 16.6. The van der Waals surface area contributed by atoms with Gasteiger partial charge in [0.2, 0.25) is 0 Å². The summed E-state index contributed by atoms with van der Waals surface area (Å²) < 4.78 is 6.61. The first kappa shape index (κ1) is 12.1. The highest BCUT2D eigenvalue weighted by Gasteiger charge is 2.21. The number of carbonyl (C=O) groups is 1. The van der Waals surface area contributed by atoms with Crippen LogP contribution in [-0.4, -0.2) is 34.3 Å². The van der Waals surface area contributed by atoms with Gasteiger partial charge in [-0.05, 0) is 20.8 Å². The van der Waals surface area contributed by atoms with Crippen molar-refractivity contribution in [3.63, 3.8) is 0 Å². The minimum atomic E-state index is -0.495. The van der Waals surface area contributed by atoms with Gasteiger partial charge in [0.1, 0.15) is 18.1 Å². The average Bonchev–Trinajstić information content (AvgIpc) is 2.86. The van der Waals surface area contributed by atoms with Gasteiger partial charge in [-0.15, -0.1) is 0 Å². The van der Waals surface area contributed by atoms with Crippen LogP contribution in [0.2, 0.25) is 0 Å². The fraction of sp³-hybridized carbons (Fsp3) is 0.636. The molecule has 0 radical (unpaired) electrons. The Kier molecular flexibility index (Phi) is 3.17. The summed E-state index contributed by atoms with van der Waals surface area (Å²) in [6, 6.07) is 0. The van der Waals surface area contributed by atoms with Gasteiger partial charge in [-0.2, -0.15) is 0 Å². The normalized spacial score (nSPS) is 17.4. The molecule has 0 unspecified atom stereocenters. The molecule has 6 heteroatoms. The van der Waals surface area contributed by atoms with Gasteiger partial charge in [0.25, 0.3) is 0 Å². The largest absolute Gasteiger partial charge is 0.443 e. The lowest BCUT2D eigenvalue weighted by Gasteiger charge is -2.19. The Bertz CT molecular complexity index is 402. The molecular weight excluding hydrogens is 220 g/mol. The van der Waals surface area contributed by atoms with E-state index in [1.807, 2.05) is 20.8 Å². The second-order valence-corrected chi connectivity index (χ2v) is 5.03. The predicted molar refractivity (Wildman–Crippen MR) is 62.6 cm³/mol. The second-order valence-electron chi connectivity index (χ2n) is 5.03. The van der Waals surface area contributed by atoms with Crippen LogP contribution in [0.1, 0.15) is 32.6 Å². The molecule has 0 spiro atoms. The number of aromatic nitrogens is 2. The molecule has 0 aliphatic carbocycles. The number of nitrogens with one attached hydrogen (secondary N) is 2. The van der Waals surface area contributed by atoms with E-state index in [-0.39, 0.29) is 6.17 Å². The highest BCUT2D eigenvalue weighted by molar-refractivity contribution is 5.70. The molecule has 0 bridgehead atoms. The summed E-state index contributed by atoms with van der Waals surface area (Å²) in [4.78, 5) is 15.9. The molecule has 17 heavy (non-hydrogen) atoms.